The molecule has 0 aliphatic heterocycles. The number of hydrogen-bond donors (Lipinski definition) is 1. The van der Waals surface area contributed by atoms with Crippen molar-refractivity contribution < 1.29 is 4.79 Å². The number of carbonyl (C=O) groups excluding carboxylic acids is 1. The van der Waals surface area contributed by atoms with Crippen molar-refractivity contribution in [3.8, 4) is 0 Å². The zero-order valence-electron chi connectivity index (χ0n) is 13.1. The molecule has 3 aromatic rings. The molecule has 3 rings (SSSR count). The lowest BCUT2D eigenvalue weighted by atomic mass is 10.2. The highest BCUT2D eigenvalue weighted by Gasteiger charge is 2.13. The Morgan fingerprint density at radius 3 is 2.54 bits per heavy atom. The Hall–Kier alpha value is -2.66. The molecular formula is C18H16ClN3O2. The van der Waals surface area contributed by atoms with Crippen molar-refractivity contribution in [1.82, 2.24) is 14.9 Å². The summed E-state index contributed by atoms with van der Waals surface area (Å²) in [6.07, 6.45) is 0. The molecule has 2 aromatic carbocycles. The molecule has 122 valence electrons. The van der Waals surface area contributed by atoms with Crippen LogP contribution in [0.1, 0.15) is 18.3 Å². The minimum Gasteiger partial charge on any atom is -0.331 e. The topological polar surface area (TPSA) is 66.1 Å². The maximum absolute atomic E-state index is 12.1. The molecule has 0 saturated carbocycles. The van der Waals surface area contributed by atoms with Crippen LogP contribution in [0.3, 0.4) is 0 Å². The SMILES string of the molecule is CC(=O)N(Cc1ccc(Cl)cc1)Cc1nc2ccccc2c(=O)[nH]1. The molecule has 1 N–H and O–H groups in total. The number of carbonyl (C=O) groups is 1. The Balaban J connectivity index is 1.87. The standard InChI is InChI=1S/C18H16ClN3O2/c1-12(23)22(10-13-6-8-14(19)9-7-13)11-17-20-16-5-3-2-4-15(16)18(24)21-17/h2-9H,10-11H2,1H3,(H,20,21,24). The van der Waals surface area contributed by atoms with E-state index in [1.807, 2.05) is 18.2 Å². The molecule has 6 heteroatoms. The van der Waals surface area contributed by atoms with Crippen LogP contribution in [0, 0.1) is 0 Å². The van der Waals surface area contributed by atoms with Crippen molar-refractivity contribution >= 4 is 28.4 Å². The quantitative estimate of drug-likeness (QED) is 0.792. The van der Waals surface area contributed by atoms with Crippen LogP contribution in [-0.2, 0) is 17.9 Å². The summed E-state index contributed by atoms with van der Waals surface area (Å²) in [7, 11) is 0. The van der Waals surface area contributed by atoms with Crippen molar-refractivity contribution in [2.45, 2.75) is 20.0 Å². The highest BCUT2D eigenvalue weighted by Crippen LogP contribution is 2.13. The molecule has 0 radical (unpaired) electrons. The van der Waals surface area contributed by atoms with Gasteiger partial charge in [0.1, 0.15) is 5.82 Å². The summed E-state index contributed by atoms with van der Waals surface area (Å²) in [4.78, 5) is 32.9. The normalized spacial score (nSPS) is 10.8. The molecule has 1 heterocycles. The Morgan fingerprint density at radius 1 is 1.12 bits per heavy atom. The first kappa shape index (κ1) is 16.2. The highest BCUT2D eigenvalue weighted by atomic mass is 35.5. The average Bonchev–Trinajstić information content (AvgIpc) is 2.56. The van der Waals surface area contributed by atoms with Crippen LogP contribution in [0.15, 0.2) is 53.3 Å². The third-order valence-corrected chi connectivity index (χ3v) is 3.99. The first-order valence-electron chi connectivity index (χ1n) is 7.51. The van der Waals surface area contributed by atoms with E-state index in [9.17, 15) is 9.59 Å². The molecular weight excluding hydrogens is 326 g/mol. The van der Waals surface area contributed by atoms with Gasteiger partial charge in [-0.1, -0.05) is 35.9 Å². The van der Waals surface area contributed by atoms with Crippen molar-refractivity contribution in [3.63, 3.8) is 0 Å². The monoisotopic (exact) mass is 341 g/mol. The maximum atomic E-state index is 12.1. The van der Waals surface area contributed by atoms with Gasteiger partial charge in [-0.15, -0.1) is 0 Å². The Labute approximate surface area is 143 Å². The fourth-order valence-electron chi connectivity index (χ4n) is 2.48. The third-order valence-electron chi connectivity index (χ3n) is 3.73. The predicted octanol–water partition coefficient (Wildman–Crippen LogP) is 3.13. The van der Waals surface area contributed by atoms with Gasteiger partial charge in [0.15, 0.2) is 0 Å². The number of aromatic amines is 1. The first-order chi connectivity index (χ1) is 11.5. The summed E-state index contributed by atoms with van der Waals surface area (Å²) >= 11 is 5.88. The van der Waals surface area contributed by atoms with Gasteiger partial charge in [0.25, 0.3) is 5.56 Å². The summed E-state index contributed by atoms with van der Waals surface area (Å²) in [5.74, 6) is 0.364. The van der Waals surface area contributed by atoms with Crippen LogP contribution in [0.5, 0.6) is 0 Å². The van der Waals surface area contributed by atoms with Crippen molar-refractivity contribution in [3.05, 3.63) is 75.3 Å². The van der Waals surface area contributed by atoms with Crippen LogP contribution in [0.2, 0.25) is 5.02 Å². The van der Waals surface area contributed by atoms with Gasteiger partial charge in [0.2, 0.25) is 5.91 Å². The van der Waals surface area contributed by atoms with Gasteiger partial charge in [0, 0.05) is 18.5 Å². The zero-order chi connectivity index (χ0) is 17.1. The van der Waals surface area contributed by atoms with E-state index >= 15 is 0 Å². The molecule has 0 saturated heterocycles. The van der Waals surface area contributed by atoms with Gasteiger partial charge in [-0.05, 0) is 29.8 Å². The van der Waals surface area contributed by atoms with Crippen molar-refractivity contribution in [2.24, 2.45) is 0 Å². The summed E-state index contributed by atoms with van der Waals surface area (Å²) < 4.78 is 0. The van der Waals surface area contributed by atoms with E-state index in [1.165, 1.54) is 6.92 Å². The molecule has 0 aliphatic rings. The first-order valence-corrected chi connectivity index (χ1v) is 7.88. The molecule has 0 atom stereocenters. The molecule has 24 heavy (non-hydrogen) atoms. The number of fused-ring (bicyclic) bond motifs is 1. The molecule has 0 unspecified atom stereocenters. The summed E-state index contributed by atoms with van der Waals surface area (Å²) in [5.41, 5.74) is 1.37. The van der Waals surface area contributed by atoms with Gasteiger partial charge >= 0.3 is 0 Å². The fourth-order valence-corrected chi connectivity index (χ4v) is 2.61. The van der Waals surface area contributed by atoms with Gasteiger partial charge in [0.05, 0.1) is 17.4 Å². The predicted molar refractivity (Wildman–Crippen MR) is 93.7 cm³/mol. The molecule has 1 amide bonds. The van der Waals surface area contributed by atoms with E-state index in [0.29, 0.717) is 28.3 Å². The minimum absolute atomic E-state index is 0.0965. The molecule has 0 aliphatic carbocycles. The van der Waals surface area contributed by atoms with E-state index in [-0.39, 0.29) is 18.0 Å². The maximum Gasteiger partial charge on any atom is 0.258 e. The largest absolute Gasteiger partial charge is 0.331 e. The van der Waals surface area contributed by atoms with Crippen LogP contribution in [-0.4, -0.2) is 20.8 Å². The summed E-state index contributed by atoms with van der Waals surface area (Å²) in [6, 6.07) is 14.4. The van der Waals surface area contributed by atoms with Gasteiger partial charge < -0.3 is 9.88 Å². The fraction of sp³-hybridized carbons (Fsp3) is 0.167. The number of halogens is 1. The smallest absolute Gasteiger partial charge is 0.258 e. The number of nitrogens with zero attached hydrogens (tertiary/aromatic N) is 2. The summed E-state index contributed by atoms with van der Waals surface area (Å²) in [5, 5.41) is 1.18. The number of aromatic nitrogens is 2. The average molecular weight is 342 g/mol. The Morgan fingerprint density at radius 2 is 1.83 bits per heavy atom. The lowest BCUT2D eigenvalue weighted by molar-refractivity contribution is -0.130. The lowest BCUT2D eigenvalue weighted by Crippen LogP contribution is -2.29. The van der Waals surface area contributed by atoms with Crippen LogP contribution in [0.4, 0.5) is 0 Å². The highest BCUT2D eigenvalue weighted by molar-refractivity contribution is 6.30. The van der Waals surface area contributed by atoms with E-state index in [2.05, 4.69) is 9.97 Å². The zero-order valence-corrected chi connectivity index (χ0v) is 13.9. The van der Waals surface area contributed by atoms with Crippen LogP contribution >= 0.6 is 11.6 Å². The van der Waals surface area contributed by atoms with Crippen molar-refractivity contribution in [1.29, 1.82) is 0 Å². The van der Waals surface area contributed by atoms with Crippen LogP contribution in [0.25, 0.3) is 10.9 Å². The van der Waals surface area contributed by atoms with Gasteiger partial charge in [-0.2, -0.15) is 0 Å². The van der Waals surface area contributed by atoms with E-state index in [1.54, 1.807) is 35.2 Å². The second-order valence-corrected chi connectivity index (χ2v) is 5.97. The number of nitrogens with one attached hydrogen (secondary N) is 1. The number of hydrogen-bond acceptors (Lipinski definition) is 3. The van der Waals surface area contributed by atoms with Gasteiger partial charge in [-0.25, -0.2) is 4.98 Å². The second kappa shape index (κ2) is 6.84. The third kappa shape index (κ3) is 3.63. The van der Waals surface area contributed by atoms with Crippen molar-refractivity contribution in [2.75, 3.05) is 0 Å². The lowest BCUT2D eigenvalue weighted by Gasteiger charge is -2.20. The molecule has 0 spiro atoms. The number of para-hydroxylation sites is 1. The van der Waals surface area contributed by atoms with E-state index in [0.717, 1.165) is 5.56 Å². The van der Waals surface area contributed by atoms with Crippen LogP contribution < -0.4 is 5.56 Å². The van der Waals surface area contributed by atoms with Gasteiger partial charge in [-0.3, -0.25) is 9.59 Å². The molecule has 1 aromatic heterocycles. The minimum atomic E-state index is -0.203. The van der Waals surface area contributed by atoms with E-state index in [4.69, 9.17) is 11.6 Å². The molecule has 0 bridgehead atoms. The van der Waals surface area contributed by atoms with E-state index < -0.39 is 0 Å². The summed E-state index contributed by atoms with van der Waals surface area (Å²) in [6.45, 7) is 2.15. The molecule has 5 nitrogen and oxygen atoms in total. The Bertz CT molecular complexity index is 935. The number of H-pyrrole nitrogens is 1. The number of rotatable bonds is 4. The molecule has 0 fully saturated rings. The Kier molecular flexibility index (Phi) is 4.62. The number of amides is 1. The number of benzene rings is 2. The second-order valence-electron chi connectivity index (χ2n) is 5.53.